The van der Waals surface area contributed by atoms with E-state index in [9.17, 15) is 49.4 Å². The van der Waals surface area contributed by atoms with Crippen LogP contribution in [0, 0.1) is 5.92 Å². The second-order valence-corrected chi connectivity index (χ2v) is 9.57. The van der Waals surface area contributed by atoms with E-state index in [0.29, 0.717) is 29.2 Å². The lowest BCUT2D eigenvalue weighted by molar-refractivity contribution is -0.274. The SMILES string of the molecule is CC(C)[C@@H]1N(c2ccc(C(F)(F)F)cc2)C(=O)N(c2ccc(C(F)(F)F)cc2)C1(O)c1cccc(OC(F)(F)F)c1. The Labute approximate surface area is 227 Å². The van der Waals surface area contributed by atoms with Gasteiger partial charge in [-0.3, -0.25) is 9.80 Å². The lowest BCUT2D eigenvalue weighted by Crippen LogP contribution is -2.52. The Hall–Kier alpha value is -3.94. The number of aliphatic hydroxyl groups is 1. The smallest absolute Gasteiger partial charge is 0.406 e. The number of alkyl halides is 9. The second-order valence-electron chi connectivity index (χ2n) is 9.57. The summed E-state index contributed by atoms with van der Waals surface area (Å²) in [5.74, 6) is -1.45. The van der Waals surface area contributed by atoms with Gasteiger partial charge in [-0.15, -0.1) is 13.2 Å². The molecule has 2 atom stereocenters. The van der Waals surface area contributed by atoms with Crippen molar-refractivity contribution in [3.05, 3.63) is 89.5 Å². The van der Waals surface area contributed by atoms with Crippen molar-refractivity contribution >= 4 is 17.4 Å². The van der Waals surface area contributed by atoms with Crippen molar-refractivity contribution in [2.45, 2.75) is 44.3 Å². The fourth-order valence-corrected chi connectivity index (χ4v) is 4.86. The van der Waals surface area contributed by atoms with Crippen LogP contribution in [0.15, 0.2) is 72.8 Å². The number of halogens is 9. The minimum absolute atomic E-state index is 0.0998. The monoisotopic (exact) mass is 592 g/mol. The molecule has 1 saturated heterocycles. The number of anilines is 2. The third-order valence-electron chi connectivity index (χ3n) is 6.48. The maximum absolute atomic E-state index is 13.9. The standard InChI is InChI=1S/C27H21F9N2O3/c1-15(2)22-24(40,18-4-3-5-21(14-18)41-27(34,35)36)38(20-12-8-17(9-13-20)26(31,32)33)23(39)37(22)19-10-6-16(7-11-19)25(28,29)30/h3-15,22,40H,1-2H3/t22-,24?/m0/s1. The van der Waals surface area contributed by atoms with Gasteiger partial charge >= 0.3 is 24.7 Å². The molecule has 41 heavy (non-hydrogen) atoms. The summed E-state index contributed by atoms with van der Waals surface area (Å²) in [7, 11) is 0. The molecule has 3 aromatic carbocycles. The van der Waals surface area contributed by atoms with Crippen molar-refractivity contribution in [3.63, 3.8) is 0 Å². The van der Waals surface area contributed by atoms with Crippen LogP contribution in [-0.2, 0) is 18.1 Å². The Kier molecular flexibility index (Phi) is 7.44. The topological polar surface area (TPSA) is 53.0 Å². The van der Waals surface area contributed by atoms with Crippen LogP contribution in [0.25, 0.3) is 0 Å². The number of rotatable bonds is 5. The van der Waals surface area contributed by atoms with E-state index in [2.05, 4.69) is 4.74 Å². The average Bonchev–Trinajstić information content (AvgIpc) is 3.10. The Morgan fingerprint density at radius 1 is 0.780 bits per heavy atom. The third kappa shape index (κ3) is 5.78. The first kappa shape index (κ1) is 30.0. The second kappa shape index (κ2) is 10.2. The van der Waals surface area contributed by atoms with Crippen LogP contribution in [0.5, 0.6) is 5.75 Å². The van der Waals surface area contributed by atoms with Gasteiger partial charge in [0.05, 0.1) is 17.2 Å². The number of nitrogens with zero attached hydrogens (tertiary/aromatic N) is 2. The van der Waals surface area contributed by atoms with Gasteiger partial charge in [-0.05, 0) is 66.6 Å². The molecule has 5 nitrogen and oxygen atoms in total. The van der Waals surface area contributed by atoms with Crippen LogP contribution < -0.4 is 14.5 Å². The quantitative estimate of drug-likeness (QED) is 0.306. The lowest BCUT2D eigenvalue weighted by atomic mass is 9.86. The van der Waals surface area contributed by atoms with Crippen molar-refractivity contribution < 1.29 is 54.2 Å². The summed E-state index contributed by atoms with van der Waals surface area (Å²) in [6, 6.07) is 8.14. The van der Waals surface area contributed by atoms with Gasteiger partial charge in [0.15, 0.2) is 5.72 Å². The van der Waals surface area contributed by atoms with E-state index in [1.807, 2.05) is 0 Å². The van der Waals surface area contributed by atoms with Gasteiger partial charge in [-0.25, -0.2) is 4.79 Å². The fraction of sp³-hybridized carbons (Fsp3) is 0.296. The van der Waals surface area contributed by atoms with Crippen LogP contribution in [0.2, 0.25) is 0 Å². The number of benzene rings is 3. The molecule has 4 rings (SSSR count). The molecule has 1 unspecified atom stereocenters. The molecule has 1 N–H and O–H groups in total. The van der Waals surface area contributed by atoms with Gasteiger partial charge < -0.3 is 9.84 Å². The molecule has 1 aliphatic heterocycles. The van der Waals surface area contributed by atoms with Crippen molar-refractivity contribution in [1.82, 2.24) is 0 Å². The summed E-state index contributed by atoms with van der Waals surface area (Å²) >= 11 is 0. The molecule has 2 amide bonds. The highest BCUT2D eigenvalue weighted by atomic mass is 19.4. The predicted octanol–water partition coefficient (Wildman–Crippen LogP) is 7.94. The minimum Gasteiger partial charge on any atom is -0.406 e. The molecule has 0 aromatic heterocycles. The van der Waals surface area contributed by atoms with Gasteiger partial charge in [0, 0.05) is 16.9 Å². The average molecular weight is 592 g/mol. The highest BCUT2D eigenvalue weighted by Crippen LogP contribution is 2.48. The molecule has 0 radical (unpaired) electrons. The molecule has 0 spiro atoms. The molecule has 14 heteroatoms. The van der Waals surface area contributed by atoms with Crippen molar-refractivity contribution in [2.24, 2.45) is 5.92 Å². The number of hydrogen-bond acceptors (Lipinski definition) is 3. The van der Waals surface area contributed by atoms with Crippen LogP contribution in [0.4, 0.5) is 55.7 Å². The molecule has 0 saturated carbocycles. The number of hydrogen-bond donors (Lipinski definition) is 1. The Balaban J connectivity index is 1.93. The molecule has 0 bridgehead atoms. The Morgan fingerprint density at radius 2 is 1.27 bits per heavy atom. The van der Waals surface area contributed by atoms with E-state index in [4.69, 9.17) is 0 Å². The van der Waals surface area contributed by atoms with Gasteiger partial charge in [-0.1, -0.05) is 26.0 Å². The number of urea groups is 1. The lowest BCUT2D eigenvalue weighted by Gasteiger charge is -2.39. The summed E-state index contributed by atoms with van der Waals surface area (Å²) in [6.07, 6.45) is -14.5. The maximum Gasteiger partial charge on any atom is 0.573 e. The van der Waals surface area contributed by atoms with E-state index >= 15 is 0 Å². The highest BCUT2D eigenvalue weighted by Gasteiger charge is 2.60. The molecule has 1 heterocycles. The van der Waals surface area contributed by atoms with Gasteiger partial charge in [0.2, 0.25) is 0 Å². The predicted molar refractivity (Wildman–Crippen MR) is 129 cm³/mol. The molecular formula is C27H21F9N2O3. The highest BCUT2D eigenvalue weighted by molar-refractivity contribution is 6.08. The minimum atomic E-state index is -5.11. The fourth-order valence-electron chi connectivity index (χ4n) is 4.86. The van der Waals surface area contributed by atoms with Crippen molar-refractivity contribution in [2.75, 3.05) is 9.80 Å². The van der Waals surface area contributed by atoms with Crippen LogP contribution in [0.3, 0.4) is 0 Å². The van der Waals surface area contributed by atoms with E-state index < -0.39 is 59.3 Å². The summed E-state index contributed by atoms with van der Waals surface area (Å²) < 4.78 is 122. The van der Waals surface area contributed by atoms with Gasteiger partial charge in [0.1, 0.15) is 5.75 Å². The number of carbonyl (C=O) groups is 1. The van der Waals surface area contributed by atoms with E-state index in [1.165, 1.54) is 6.07 Å². The van der Waals surface area contributed by atoms with Crippen LogP contribution >= 0.6 is 0 Å². The zero-order valence-corrected chi connectivity index (χ0v) is 21.1. The van der Waals surface area contributed by atoms with Crippen LogP contribution in [0.1, 0.15) is 30.5 Å². The first-order valence-electron chi connectivity index (χ1n) is 11.9. The van der Waals surface area contributed by atoms with Crippen LogP contribution in [-0.4, -0.2) is 23.5 Å². The molecular weight excluding hydrogens is 571 g/mol. The summed E-state index contributed by atoms with van der Waals surface area (Å²) in [5.41, 5.74) is -5.28. The Morgan fingerprint density at radius 3 is 1.71 bits per heavy atom. The first-order chi connectivity index (χ1) is 18.8. The van der Waals surface area contributed by atoms with E-state index in [0.717, 1.165) is 47.4 Å². The largest absolute Gasteiger partial charge is 0.573 e. The zero-order valence-electron chi connectivity index (χ0n) is 21.1. The molecule has 1 fully saturated rings. The number of ether oxygens (including phenoxy) is 1. The zero-order chi connectivity index (χ0) is 30.5. The molecule has 1 aliphatic rings. The van der Waals surface area contributed by atoms with Crippen molar-refractivity contribution in [1.29, 1.82) is 0 Å². The Bertz CT molecular complexity index is 1400. The summed E-state index contributed by atoms with van der Waals surface area (Å²) in [4.78, 5) is 15.6. The summed E-state index contributed by atoms with van der Waals surface area (Å²) in [6.45, 7) is 3.10. The summed E-state index contributed by atoms with van der Waals surface area (Å²) in [5, 5.41) is 12.3. The van der Waals surface area contributed by atoms with E-state index in [-0.39, 0.29) is 16.9 Å². The third-order valence-corrected chi connectivity index (χ3v) is 6.48. The molecule has 0 aliphatic carbocycles. The normalized spacial score (nSPS) is 20.2. The molecule has 3 aromatic rings. The number of amides is 2. The molecule has 220 valence electrons. The van der Waals surface area contributed by atoms with Gasteiger partial charge in [0.25, 0.3) is 0 Å². The van der Waals surface area contributed by atoms with Gasteiger partial charge in [-0.2, -0.15) is 26.3 Å². The first-order valence-corrected chi connectivity index (χ1v) is 11.9. The van der Waals surface area contributed by atoms with E-state index in [1.54, 1.807) is 13.8 Å². The maximum atomic E-state index is 13.9. The number of carbonyl (C=O) groups excluding carboxylic acids is 1. The van der Waals surface area contributed by atoms with Crippen molar-refractivity contribution in [3.8, 4) is 5.75 Å².